The van der Waals surface area contributed by atoms with Gasteiger partial charge < -0.3 is 9.42 Å². The average Bonchev–Trinajstić information content (AvgIpc) is 2.10. The highest BCUT2D eigenvalue weighted by molar-refractivity contribution is 8.56. The van der Waals surface area contributed by atoms with E-state index in [4.69, 9.17) is 4.52 Å². The molecule has 0 aliphatic heterocycles. The van der Waals surface area contributed by atoms with Crippen molar-refractivity contribution in [1.29, 1.82) is 0 Å². The summed E-state index contributed by atoms with van der Waals surface area (Å²) < 4.78 is 16.9. The van der Waals surface area contributed by atoms with Crippen LogP contribution in [0.4, 0.5) is 0 Å². The van der Waals surface area contributed by atoms with Gasteiger partial charge in [-0.15, -0.1) is 0 Å². The first-order valence-electron chi connectivity index (χ1n) is 5.44. The van der Waals surface area contributed by atoms with Crippen molar-refractivity contribution < 1.29 is 13.9 Å². The number of rotatable bonds is 7. The molecule has 96 valence electrons. The van der Waals surface area contributed by atoms with Gasteiger partial charge in [0.05, 0.1) is 6.61 Å². The van der Waals surface area contributed by atoms with Crippen molar-refractivity contribution in [3.05, 3.63) is 0 Å². The molecule has 0 N–H and O–H groups in total. The third-order valence-electron chi connectivity index (χ3n) is 2.05. The minimum Gasteiger partial charge on any atom is -0.340 e. The molecule has 0 rings (SSSR count). The van der Waals surface area contributed by atoms with Gasteiger partial charge in [-0.25, -0.2) is 0 Å². The van der Waals surface area contributed by atoms with E-state index in [0.29, 0.717) is 18.9 Å². The predicted molar refractivity (Wildman–Crippen MR) is 70.1 cm³/mol. The molecule has 0 aromatic carbocycles. The summed E-state index contributed by atoms with van der Waals surface area (Å²) in [6.07, 6.45) is 0. The normalized spacial score (nSPS) is 14.9. The molecular formula is C10H22NO3PS. The van der Waals surface area contributed by atoms with Gasteiger partial charge in [-0.1, -0.05) is 11.4 Å². The zero-order valence-electron chi connectivity index (χ0n) is 10.7. The molecule has 1 unspecified atom stereocenters. The van der Waals surface area contributed by atoms with E-state index in [2.05, 4.69) is 0 Å². The quantitative estimate of drug-likeness (QED) is 0.665. The molecule has 1 atom stereocenters. The van der Waals surface area contributed by atoms with Gasteiger partial charge in [0, 0.05) is 31.9 Å². The molecule has 0 spiro atoms. The third kappa shape index (κ3) is 6.56. The molecule has 0 aromatic heterocycles. The summed E-state index contributed by atoms with van der Waals surface area (Å²) in [5, 5.41) is 0. The van der Waals surface area contributed by atoms with E-state index in [9.17, 15) is 9.36 Å². The SMILES string of the molecule is CCOP(C)(=O)SCCN(C(C)=O)C(C)C. The maximum Gasteiger partial charge on any atom is 0.254 e. The van der Waals surface area contributed by atoms with Crippen LogP contribution in [0.2, 0.25) is 0 Å². The monoisotopic (exact) mass is 267 g/mol. The Morgan fingerprint density at radius 1 is 1.50 bits per heavy atom. The molecule has 0 aliphatic rings. The van der Waals surface area contributed by atoms with Gasteiger partial charge in [-0.3, -0.25) is 9.36 Å². The van der Waals surface area contributed by atoms with Crippen molar-refractivity contribution in [3.63, 3.8) is 0 Å². The summed E-state index contributed by atoms with van der Waals surface area (Å²) in [4.78, 5) is 13.0. The Bertz CT molecular complexity index is 271. The lowest BCUT2D eigenvalue weighted by Gasteiger charge is -2.25. The first kappa shape index (κ1) is 16.0. The molecule has 4 nitrogen and oxygen atoms in total. The highest BCUT2D eigenvalue weighted by atomic mass is 32.7. The molecule has 1 amide bonds. The topological polar surface area (TPSA) is 46.6 Å². The molecular weight excluding hydrogens is 245 g/mol. The minimum absolute atomic E-state index is 0.0537. The molecule has 0 saturated carbocycles. The average molecular weight is 267 g/mol. The van der Waals surface area contributed by atoms with Crippen molar-refractivity contribution in [2.45, 2.75) is 33.7 Å². The van der Waals surface area contributed by atoms with Gasteiger partial charge in [0.15, 0.2) is 0 Å². The predicted octanol–water partition coefficient (Wildman–Crippen LogP) is 2.84. The Morgan fingerprint density at radius 2 is 2.06 bits per heavy atom. The van der Waals surface area contributed by atoms with Gasteiger partial charge in [-0.05, 0) is 20.8 Å². The molecule has 16 heavy (non-hydrogen) atoms. The van der Waals surface area contributed by atoms with E-state index < -0.39 is 6.57 Å². The maximum atomic E-state index is 11.8. The number of carbonyl (C=O) groups is 1. The standard InChI is InChI=1S/C10H22NO3PS/c1-6-14-15(5,13)16-8-7-11(9(2)3)10(4)12/h9H,6-8H2,1-5H3. The van der Waals surface area contributed by atoms with E-state index in [1.165, 1.54) is 11.4 Å². The fourth-order valence-corrected chi connectivity index (χ4v) is 4.29. The summed E-state index contributed by atoms with van der Waals surface area (Å²) in [6.45, 7) is 7.49. The number of nitrogens with zero attached hydrogens (tertiary/aromatic N) is 1. The van der Waals surface area contributed by atoms with Crippen LogP contribution < -0.4 is 0 Å². The van der Waals surface area contributed by atoms with Crippen LogP contribution in [0, 0.1) is 0 Å². The van der Waals surface area contributed by atoms with Crippen LogP contribution in [-0.2, 0) is 13.9 Å². The minimum atomic E-state index is -2.53. The van der Waals surface area contributed by atoms with Gasteiger partial charge >= 0.3 is 0 Å². The second-order valence-electron chi connectivity index (χ2n) is 3.83. The summed E-state index contributed by atoms with van der Waals surface area (Å²) in [5.74, 6) is 0.698. The molecule has 0 heterocycles. The summed E-state index contributed by atoms with van der Waals surface area (Å²) in [5.41, 5.74) is 0. The van der Waals surface area contributed by atoms with Crippen LogP contribution in [0.25, 0.3) is 0 Å². The third-order valence-corrected chi connectivity index (χ3v) is 5.88. The van der Waals surface area contributed by atoms with E-state index in [1.807, 2.05) is 20.8 Å². The van der Waals surface area contributed by atoms with Crippen molar-refractivity contribution in [2.24, 2.45) is 0 Å². The Kier molecular flexibility index (Phi) is 7.36. The Labute approximate surface area is 102 Å². The largest absolute Gasteiger partial charge is 0.340 e. The van der Waals surface area contributed by atoms with Crippen LogP contribution in [-0.4, -0.2) is 42.4 Å². The van der Waals surface area contributed by atoms with Crippen molar-refractivity contribution >= 4 is 23.9 Å². The van der Waals surface area contributed by atoms with Crippen LogP contribution in [0.15, 0.2) is 0 Å². The van der Waals surface area contributed by atoms with Crippen LogP contribution >= 0.6 is 18.0 Å². The Hall–Kier alpha value is 0.0100. The molecule has 0 aliphatic carbocycles. The Morgan fingerprint density at radius 3 is 2.44 bits per heavy atom. The lowest BCUT2D eigenvalue weighted by Crippen LogP contribution is -2.36. The summed E-state index contributed by atoms with van der Waals surface area (Å²) >= 11 is 1.31. The van der Waals surface area contributed by atoms with Crippen molar-refractivity contribution in [2.75, 3.05) is 25.6 Å². The zero-order chi connectivity index (χ0) is 12.8. The van der Waals surface area contributed by atoms with Gasteiger partial charge in [0.25, 0.3) is 6.57 Å². The summed E-state index contributed by atoms with van der Waals surface area (Å²) in [7, 11) is 0. The van der Waals surface area contributed by atoms with Crippen LogP contribution in [0.3, 0.4) is 0 Å². The maximum absolute atomic E-state index is 11.8. The van der Waals surface area contributed by atoms with Crippen molar-refractivity contribution in [1.82, 2.24) is 4.90 Å². The van der Waals surface area contributed by atoms with E-state index in [-0.39, 0.29) is 11.9 Å². The molecule has 0 aromatic rings. The highest BCUT2D eigenvalue weighted by Gasteiger charge is 2.18. The fourth-order valence-electron chi connectivity index (χ4n) is 1.36. The first-order chi connectivity index (χ1) is 7.30. The lowest BCUT2D eigenvalue weighted by atomic mass is 10.3. The lowest BCUT2D eigenvalue weighted by molar-refractivity contribution is -0.130. The van der Waals surface area contributed by atoms with E-state index in [0.717, 1.165) is 0 Å². The molecule has 0 radical (unpaired) electrons. The zero-order valence-corrected chi connectivity index (χ0v) is 12.4. The molecule has 0 bridgehead atoms. The fraction of sp³-hybridized carbons (Fsp3) is 0.900. The van der Waals surface area contributed by atoms with Gasteiger partial charge in [-0.2, -0.15) is 0 Å². The number of hydrogen-bond donors (Lipinski definition) is 0. The number of carbonyl (C=O) groups excluding carboxylic acids is 1. The van der Waals surface area contributed by atoms with Crippen molar-refractivity contribution in [3.8, 4) is 0 Å². The van der Waals surface area contributed by atoms with Crippen LogP contribution in [0.5, 0.6) is 0 Å². The van der Waals surface area contributed by atoms with Gasteiger partial charge in [0.1, 0.15) is 0 Å². The summed E-state index contributed by atoms with van der Waals surface area (Å²) in [6, 6.07) is 0.182. The Balaban J connectivity index is 4.05. The van der Waals surface area contributed by atoms with E-state index >= 15 is 0 Å². The smallest absolute Gasteiger partial charge is 0.254 e. The molecule has 0 fully saturated rings. The van der Waals surface area contributed by atoms with Gasteiger partial charge in [0.2, 0.25) is 5.91 Å². The second-order valence-corrected chi connectivity index (χ2v) is 9.06. The second kappa shape index (κ2) is 7.36. The number of hydrogen-bond acceptors (Lipinski definition) is 4. The molecule has 0 saturated heterocycles. The van der Waals surface area contributed by atoms with Crippen LogP contribution in [0.1, 0.15) is 27.7 Å². The van der Waals surface area contributed by atoms with E-state index in [1.54, 1.807) is 18.5 Å². The number of amides is 1. The highest BCUT2D eigenvalue weighted by Crippen LogP contribution is 2.55. The first-order valence-corrected chi connectivity index (χ1v) is 9.10. The molecule has 6 heteroatoms.